The van der Waals surface area contributed by atoms with Gasteiger partial charge >= 0.3 is 0 Å². The van der Waals surface area contributed by atoms with Crippen LogP contribution < -0.4 is 10.1 Å². The summed E-state index contributed by atoms with van der Waals surface area (Å²) in [5.41, 5.74) is 3.53. The Hall–Kier alpha value is -1.87. The lowest BCUT2D eigenvalue weighted by molar-refractivity contribution is 0.326. The fourth-order valence-electron chi connectivity index (χ4n) is 2.03. The molecule has 0 saturated carbocycles. The van der Waals surface area contributed by atoms with Crippen molar-refractivity contribution in [3.8, 4) is 16.9 Å². The molecule has 17 heavy (non-hydrogen) atoms. The number of hydrogen-bond acceptors (Lipinski definition) is 3. The molecule has 0 aliphatic carbocycles. The lowest BCUT2D eigenvalue weighted by atomic mass is 10.0. The predicted octanol–water partition coefficient (Wildman–Crippen LogP) is 2.23. The molecule has 0 amide bonds. The second-order valence-corrected chi connectivity index (χ2v) is 4.09. The van der Waals surface area contributed by atoms with Gasteiger partial charge in [0.15, 0.2) is 0 Å². The molecule has 3 rings (SSSR count). The van der Waals surface area contributed by atoms with Crippen molar-refractivity contribution in [3.63, 3.8) is 0 Å². The van der Waals surface area contributed by atoms with Crippen molar-refractivity contribution in [1.29, 1.82) is 0 Å². The molecular weight excluding hydrogens is 212 g/mol. The largest absolute Gasteiger partial charge is 0.492 e. The zero-order valence-corrected chi connectivity index (χ0v) is 9.52. The molecule has 0 fully saturated rings. The van der Waals surface area contributed by atoms with E-state index < -0.39 is 0 Å². The Morgan fingerprint density at radius 3 is 3.06 bits per heavy atom. The maximum atomic E-state index is 5.66. The highest BCUT2D eigenvalue weighted by molar-refractivity contribution is 5.64. The molecule has 1 N–H and O–H groups in total. The van der Waals surface area contributed by atoms with Gasteiger partial charge in [-0.1, -0.05) is 12.1 Å². The summed E-state index contributed by atoms with van der Waals surface area (Å²) in [5, 5.41) is 3.34. The van der Waals surface area contributed by atoms with Crippen molar-refractivity contribution in [2.24, 2.45) is 0 Å². The molecule has 0 radical (unpaired) electrons. The number of nitrogens with zero attached hydrogens (tertiary/aromatic N) is 1. The van der Waals surface area contributed by atoms with Gasteiger partial charge in [-0.15, -0.1) is 0 Å². The number of ether oxygens (including phenoxy) is 1. The minimum atomic E-state index is 0.735. The normalized spacial score (nSPS) is 14.6. The van der Waals surface area contributed by atoms with E-state index in [1.165, 1.54) is 11.1 Å². The lowest BCUT2D eigenvalue weighted by Gasteiger charge is -2.08. The Labute approximate surface area is 100 Å². The summed E-state index contributed by atoms with van der Waals surface area (Å²) < 4.78 is 5.66. The van der Waals surface area contributed by atoms with Gasteiger partial charge in [0.2, 0.25) is 0 Å². The molecule has 0 saturated heterocycles. The van der Waals surface area contributed by atoms with Crippen LogP contribution in [0.5, 0.6) is 5.75 Å². The molecule has 2 heterocycles. The number of nitrogens with one attached hydrogen (secondary N) is 1. The van der Waals surface area contributed by atoms with Crippen LogP contribution in [0, 0.1) is 0 Å². The smallest absolute Gasteiger partial charge is 0.123 e. The number of pyridine rings is 1. The van der Waals surface area contributed by atoms with Gasteiger partial charge in [-0.25, -0.2) is 0 Å². The number of fused-ring (bicyclic) bond motifs is 1. The summed E-state index contributed by atoms with van der Waals surface area (Å²) in [6.07, 6.45) is 3.67. The van der Waals surface area contributed by atoms with Crippen molar-refractivity contribution >= 4 is 0 Å². The van der Waals surface area contributed by atoms with Gasteiger partial charge in [0.25, 0.3) is 0 Å². The summed E-state index contributed by atoms with van der Waals surface area (Å²) in [7, 11) is 0. The van der Waals surface area contributed by atoms with Gasteiger partial charge < -0.3 is 10.1 Å². The fourth-order valence-corrected chi connectivity index (χ4v) is 2.03. The third-order valence-electron chi connectivity index (χ3n) is 2.91. The Kier molecular flexibility index (Phi) is 2.76. The van der Waals surface area contributed by atoms with Gasteiger partial charge in [-0.05, 0) is 23.8 Å². The minimum absolute atomic E-state index is 0.735. The van der Waals surface area contributed by atoms with Crippen LogP contribution in [0.2, 0.25) is 0 Å². The highest BCUT2D eigenvalue weighted by atomic mass is 16.5. The SMILES string of the molecule is c1cncc(-c2ccc3c(c2)CNCCO3)c1. The van der Waals surface area contributed by atoms with Crippen molar-refractivity contribution in [2.45, 2.75) is 6.54 Å². The first-order valence-corrected chi connectivity index (χ1v) is 5.80. The van der Waals surface area contributed by atoms with E-state index in [2.05, 4.69) is 28.5 Å². The van der Waals surface area contributed by atoms with Gasteiger partial charge in [-0.3, -0.25) is 4.98 Å². The average molecular weight is 226 g/mol. The maximum absolute atomic E-state index is 5.66. The Morgan fingerprint density at radius 2 is 2.18 bits per heavy atom. The molecular formula is C14H14N2O. The number of hydrogen-bond donors (Lipinski definition) is 1. The molecule has 0 unspecified atom stereocenters. The number of rotatable bonds is 1. The molecule has 1 aromatic carbocycles. The van der Waals surface area contributed by atoms with Crippen LogP contribution in [0.25, 0.3) is 11.1 Å². The number of aromatic nitrogens is 1. The standard InChI is InChI=1S/C14H14N2O/c1-2-12(9-15-5-1)11-3-4-14-13(8-11)10-16-6-7-17-14/h1-5,8-9,16H,6-7,10H2. The van der Waals surface area contributed by atoms with Gasteiger partial charge in [0.05, 0.1) is 0 Å². The molecule has 86 valence electrons. The fraction of sp³-hybridized carbons (Fsp3) is 0.214. The third kappa shape index (κ3) is 2.15. The van der Waals surface area contributed by atoms with Crippen LogP contribution >= 0.6 is 0 Å². The molecule has 0 bridgehead atoms. The zero-order valence-electron chi connectivity index (χ0n) is 9.52. The van der Waals surface area contributed by atoms with Crippen LogP contribution in [0.4, 0.5) is 0 Å². The van der Waals surface area contributed by atoms with Crippen molar-refractivity contribution in [3.05, 3.63) is 48.3 Å². The molecule has 0 spiro atoms. The van der Waals surface area contributed by atoms with Gasteiger partial charge in [-0.2, -0.15) is 0 Å². The quantitative estimate of drug-likeness (QED) is 0.809. The third-order valence-corrected chi connectivity index (χ3v) is 2.91. The van der Waals surface area contributed by atoms with Crippen LogP contribution in [-0.4, -0.2) is 18.1 Å². The lowest BCUT2D eigenvalue weighted by Crippen LogP contribution is -2.16. The summed E-state index contributed by atoms with van der Waals surface area (Å²) in [6, 6.07) is 10.3. The zero-order chi connectivity index (χ0) is 11.5. The first-order chi connectivity index (χ1) is 8.43. The molecule has 1 aromatic heterocycles. The molecule has 1 aliphatic heterocycles. The molecule has 0 atom stereocenters. The summed E-state index contributed by atoms with van der Waals surface area (Å²) in [4.78, 5) is 4.14. The second-order valence-electron chi connectivity index (χ2n) is 4.09. The average Bonchev–Trinajstić information content (AvgIpc) is 2.64. The molecule has 3 nitrogen and oxygen atoms in total. The molecule has 1 aliphatic rings. The summed E-state index contributed by atoms with van der Waals surface area (Å²) >= 11 is 0. The summed E-state index contributed by atoms with van der Waals surface area (Å²) in [6.45, 7) is 2.50. The predicted molar refractivity (Wildman–Crippen MR) is 66.9 cm³/mol. The van der Waals surface area contributed by atoms with Crippen LogP contribution in [0.3, 0.4) is 0 Å². The van der Waals surface area contributed by atoms with E-state index in [-0.39, 0.29) is 0 Å². The summed E-state index contributed by atoms with van der Waals surface area (Å²) in [5.74, 6) is 0.989. The highest BCUT2D eigenvalue weighted by Crippen LogP contribution is 2.27. The van der Waals surface area contributed by atoms with Crippen molar-refractivity contribution < 1.29 is 4.74 Å². The Balaban J connectivity index is 2.00. The first-order valence-electron chi connectivity index (χ1n) is 5.80. The van der Waals surface area contributed by atoms with Gasteiger partial charge in [0, 0.05) is 36.6 Å². The topological polar surface area (TPSA) is 34.2 Å². The minimum Gasteiger partial charge on any atom is -0.492 e. The van der Waals surface area contributed by atoms with E-state index in [4.69, 9.17) is 4.74 Å². The van der Waals surface area contributed by atoms with E-state index in [1.54, 1.807) is 6.20 Å². The first kappa shape index (κ1) is 10.3. The van der Waals surface area contributed by atoms with Crippen molar-refractivity contribution in [2.75, 3.05) is 13.2 Å². The van der Waals surface area contributed by atoms with Crippen molar-refractivity contribution in [1.82, 2.24) is 10.3 Å². The van der Waals surface area contributed by atoms with Gasteiger partial charge in [0.1, 0.15) is 12.4 Å². The Bertz CT molecular complexity index is 511. The van der Waals surface area contributed by atoms with E-state index in [0.29, 0.717) is 0 Å². The maximum Gasteiger partial charge on any atom is 0.123 e. The second kappa shape index (κ2) is 4.55. The molecule has 2 aromatic rings. The van der Waals surface area contributed by atoms with E-state index in [1.807, 2.05) is 18.3 Å². The molecule has 3 heteroatoms. The van der Waals surface area contributed by atoms with Crippen LogP contribution in [-0.2, 0) is 6.54 Å². The highest BCUT2D eigenvalue weighted by Gasteiger charge is 2.09. The monoisotopic (exact) mass is 226 g/mol. The number of benzene rings is 1. The Morgan fingerprint density at radius 1 is 1.18 bits per heavy atom. The van der Waals surface area contributed by atoms with Crippen LogP contribution in [0.15, 0.2) is 42.7 Å². The van der Waals surface area contributed by atoms with E-state index >= 15 is 0 Å². The van der Waals surface area contributed by atoms with Crippen LogP contribution in [0.1, 0.15) is 5.56 Å². The van der Waals surface area contributed by atoms with E-state index in [0.717, 1.165) is 31.0 Å². The van der Waals surface area contributed by atoms with E-state index in [9.17, 15) is 0 Å².